The summed E-state index contributed by atoms with van der Waals surface area (Å²) in [5.41, 5.74) is 6.76. The first-order valence-corrected chi connectivity index (χ1v) is 11.4. The minimum Gasteiger partial charge on any atom is -0.420 e. The minimum absolute atomic E-state index is 0.370. The van der Waals surface area contributed by atoms with Gasteiger partial charge in [0.1, 0.15) is 0 Å². The molecule has 1 N–H and O–H groups in total. The second kappa shape index (κ2) is 7.95. The van der Waals surface area contributed by atoms with Gasteiger partial charge >= 0.3 is 0 Å². The van der Waals surface area contributed by atoms with Crippen LogP contribution in [-0.2, 0) is 0 Å². The van der Waals surface area contributed by atoms with Crippen LogP contribution in [0.1, 0.15) is 75.4 Å². The molecule has 3 aromatic heterocycles. The summed E-state index contributed by atoms with van der Waals surface area (Å²) < 4.78 is 6.16. The first kappa shape index (κ1) is 20.0. The number of aromatic nitrogens is 4. The number of nitrogens with zero attached hydrogens (tertiary/aromatic N) is 3. The molecule has 0 aliphatic heterocycles. The molecule has 1 saturated carbocycles. The molecular weight excluding hydrogens is 384 g/mol. The van der Waals surface area contributed by atoms with Crippen molar-refractivity contribution in [3.63, 3.8) is 0 Å². The molecule has 1 aliphatic carbocycles. The lowest BCUT2D eigenvalue weighted by Gasteiger charge is -2.23. The van der Waals surface area contributed by atoms with Crippen molar-refractivity contribution in [2.45, 2.75) is 65.2 Å². The average molecular weight is 415 g/mol. The van der Waals surface area contributed by atoms with Gasteiger partial charge in [-0.1, -0.05) is 20.8 Å². The van der Waals surface area contributed by atoms with Crippen LogP contribution in [0.25, 0.3) is 33.6 Å². The Balaban J connectivity index is 1.54. The number of hydrogen-bond acceptors (Lipinski definition) is 4. The molecule has 0 saturated heterocycles. The summed E-state index contributed by atoms with van der Waals surface area (Å²) in [6.07, 6.45) is 6.65. The third kappa shape index (κ3) is 3.78. The standard InChI is InChI=1S/C26H30N4O/c1-15(2)23-21-14-20(26-30-29-25(31-26)18-7-5-16(3)6-8-18)9-10-22(21)28-24(23)19-11-12-27-17(4)13-19/h9-16,18,28H,5-8H2,1-4H3. The van der Waals surface area contributed by atoms with Gasteiger partial charge in [0.2, 0.25) is 11.8 Å². The van der Waals surface area contributed by atoms with Crippen LogP contribution in [0.2, 0.25) is 0 Å². The van der Waals surface area contributed by atoms with E-state index in [1.165, 1.54) is 29.4 Å². The zero-order valence-electron chi connectivity index (χ0n) is 18.8. The Hall–Kier alpha value is -2.95. The molecule has 0 spiro atoms. The van der Waals surface area contributed by atoms with Gasteiger partial charge in [0, 0.05) is 39.8 Å². The predicted molar refractivity (Wildman–Crippen MR) is 124 cm³/mol. The van der Waals surface area contributed by atoms with Crippen molar-refractivity contribution in [3.05, 3.63) is 53.7 Å². The fourth-order valence-electron chi connectivity index (χ4n) is 4.90. The quantitative estimate of drug-likeness (QED) is 0.390. The molecule has 160 valence electrons. The molecule has 5 rings (SSSR count). The smallest absolute Gasteiger partial charge is 0.247 e. The molecule has 4 aromatic rings. The molecule has 1 fully saturated rings. The van der Waals surface area contributed by atoms with Crippen LogP contribution in [0.5, 0.6) is 0 Å². The van der Waals surface area contributed by atoms with E-state index in [9.17, 15) is 0 Å². The molecule has 5 nitrogen and oxygen atoms in total. The molecule has 1 aliphatic rings. The fraction of sp³-hybridized carbons (Fsp3) is 0.423. The van der Waals surface area contributed by atoms with Crippen LogP contribution in [0, 0.1) is 12.8 Å². The summed E-state index contributed by atoms with van der Waals surface area (Å²) in [6.45, 7) is 8.83. The maximum atomic E-state index is 6.16. The first-order chi connectivity index (χ1) is 15.0. The van der Waals surface area contributed by atoms with Crippen LogP contribution < -0.4 is 0 Å². The van der Waals surface area contributed by atoms with E-state index in [0.717, 1.165) is 47.1 Å². The van der Waals surface area contributed by atoms with Crippen molar-refractivity contribution >= 4 is 10.9 Å². The van der Waals surface area contributed by atoms with Gasteiger partial charge in [-0.2, -0.15) is 0 Å². The van der Waals surface area contributed by atoms with E-state index in [2.05, 4.69) is 71.3 Å². The molecular formula is C26H30N4O. The Bertz CT molecular complexity index is 1210. The molecule has 0 radical (unpaired) electrons. The topological polar surface area (TPSA) is 67.6 Å². The number of fused-ring (bicyclic) bond motifs is 1. The van der Waals surface area contributed by atoms with Gasteiger partial charge in [-0.15, -0.1) is 10.2 Å². The lowest BCUT2D eigenvalue weighted by atomic mass is 9.83. The van der Waals surface area contributed by atoms with Crippen LogP contribution in [-0.4, -0.2) is 20.2 Å². The van der Waals surface area contributed by atoms with Gasteiger partial charge < -0.3 is 9.40 Å². The third-order valence-corrected chi connectivity index (χ3v) is 6.65. The fourth-order valence-corrected chi connectivity index (χ4v) is 4.90. The maximum absolute atomic E-state index is 6.16. The van der Waals surface area contributed by atoms with E-state index in [4.69, 9.17) is 4.42 Å². The van der Waals surface area contributed by atoms with E-state index in [1.807, 2.05) is 13.1 Å². The number of aryl methyl sites for hydroxylation is 1. The molecule has 0 unspecified atom stereocenters. The Kier molecular flexibility index (Phi) is 5.12. The van der Waals surface area contributed by atoms with Crippen molar-refractivity contribution in [1.82, 2.24) is 20.2 Å². The Morgan fingerprint density at radius 2 is 1.81 bits per heavy atom. The van der Waals surface area contributed by atoms with Crippen molar-refractivity contribution in [2.24, 2.45) is 5.92 Å². The summed E-state index contributed by atoms with van der Waals surface area (Å²) in [7, 11) is 0. The molecule has 0 atom stereocenters. The van der Waals surface area contributed by atoms with E-state index in [-0.39, 0.29) is 0 Å². The average Bonchev–Trinajstić information content (AvgIpc) is 3.39. The van der Waals surface area contributed by atoms with E-state index >= 15 is 0 Å². The lowest BCUT2D eigenvalue weighted by Crippen LogP contribution is -2.10. The number of benzene rings is 1. The summed E-state index contributed by atoms with van der Waals surface area (Å²) in [4.78, 5) is 7.99. The van der Waals surface area contributed by atoms with Crippen LogP contribution in [0.15, 0.2) is 40.9 Å². The Labute approximate surface area is 183 Å². The van der Waals surface area contributed by atoms with E-state index in [0.29, 0.717) is 17.7 Å². The highest BCUT2D eigenvalue weighted by molar-refractivity contribution is 5.93. The van der Waals surface area contributed by atoms with E-state index < -0.39 is 0 Å². The molecule has 3 heterocycles. The highest BCUT2D eigenvalue weighted by atomic mass is 16.4. The van der Waals surface area contributed by atoms with Crippen molar-refractivity contribution in [1.29, 1.82) is 0 Å². The highest BCUT2D eigenvalue weighted by Crippen LogP contribution is 2.39. The lowest BCUT2D eigenvalue weighted by molar-refractivity contribution is 0.309. The maximum Gasteiger partial charge on any atom is 0.247 e. The number of H-pyrrole nitrogens is 1. The number of pyridine rings is 1. The normalized spacial score (nSPS) is 19.4. The van der Waals surface area contributed by atoms with Crippen molar-refractivity contribution in [3.8, 4) is 22.7 Å². The largest absolute Gasteiger partial charge is 0.420 e. The Morgan fingerprint density at radius 3 is 2.55 bits per heavy atom. The van der Waals surface area contributed by atoms with Gasteiger partial charge in [-0.25, -0.2) is 0 Å². The van der Waals surface area contributed by atoms with Crippen molar-refractivity contribution in [2.75, 3.05) is 0 Å². The molecule has 0 amide bonds. The summed E-state index contributed by atoms with van der Waals surface area (Å²) in [5, 5.41) is 10.0. The molecule has 0 bridgehead atoms. The second-order valence-electron chi connectivity index (χ2n) is 9.42. The number of nitrogens with one attached hydrogen (secondary N) is 1. The van der Waals surface area contributed by atoms with Crippen LogP contribution in [0.3, 0.4) is 0 Å². The zero-order chi connectivity index (χ0) is 21.5. The van der Waals surface area contributed by atoms with Gasteiger partial charge in [-0.3, -0.25) is 4.98 Å². The molecule has 5 heteroatoms. The predicted octanol–water partition coefficient (Wildman–Crippen LogP) is 7.01. The SMILES string of the molecule is Cc1cc(-c2[nH]c3ccc(-c4nnc(C5CCC(C)CC5)o4)cc3c2C(C)C)ccn1. The number of aromatic amines is 1. The van der Waals surface area contributed by atoms with Gasteiger partial charge in [0.25, 0.3) is 0 Å². The Morgan fingerprint density at radius 1 is 1.00 bits per heavy atom. The number of hydrogen-bond donors (Lipinski definition) is 1. The van der Waals surface area contributed by atoms with Gasteiger partial charge in [0.05, 0.1) is 5.69 Å². The van der Waals surface area contributed by atoms with Gasteiger partial charge in [0.15, 0.2) is 0 Å². The molecule has 31 heavy (non-hydrogen) atoms. The van der Waals surface area contributed by atoms with Crippen LogP contribution in [0.4, 0.5) is 0 Å². The number of rotatable bonds is 4. The molecule has 1 aromatic carbocycles. The zero-order valence-corrected chi connectivity index (χ0v) is 18.8. The third-order valence-electron chi connectivity index (χ3n) is 6.65. The monoisotopic (exact) mass is 414 g/mol. The summed E-state index contributed by atoms with van der Waals surface area (Å²) in [6, 6.07) is 10.6. The van der Waals surface area contributed by atoms with Gasteiger partial charge in [-0.05, 0) is 80.3 Å². The minimum atomic E-state index is 0.370. The van der Waals surface area contributed by atoms with Crippen LogP contribution >= 0.6 is 0 Å². The summed E-state index contributed by atoms with van der Waals surface area (Å²) >= 11 is 0. The summed E-state index contributed by atoms with van der Waals surface area (Å²) in [5.74, 6) is 3.00. The second-order valence-corrected chi connectivity index (χ2v) is 9.42. The van der Waals surface area contributed by atoms with E-state index in [1.54, 1.807) is 0 Å². The van der Waals surface area contributed by atoms with Crippen molar-refractivity contribution < 1.29 is 4.42 Å². The highest BCUT2D eigenvalue weighted by Gasteiger charge is 2.25. The first-order valence-electron chi connectivity index (χ1n) is 11.4.